The number of nitrogens with one attached hydrogen (secondary N) is 1. The summed E-state index contributed by atoms with van der Waals surface area (Å²) >= 11 is 0. The van der Waals surface area contributed by atoms with Crippen molar-refractivity contribution in [3.05, 3.63) is 76.9 Å². The number of hydrogen-bond donors (Lipinski definition) is 2. The summed E-state index contributed by atoms with van der Waals surface area (Å²) in [7, 11) is 1.58. The number of halogens is 1. The van der Waals surface area contributed by atoms with Crippen LogP contribution in [0.3, 0.4) is 0 Å². The van der Waals surface area contributed by atoms with E-state index in [9.17, 15) is 23.6 Å². The number of hydrogen-bond acceptors (Lipinski definition) is 5. The van der Waals surface area contributed by atoms with Crippen molar-refractivity contribution >= 4 is 23.8 Å². The summed E-state index contributed by atoms with van der Waals surface area (Å²) in [5.41, 5.74) is 11.5. The Labute approximate surface area is 261 Å². The van der Waals surface area contributed by atoms with Crippen molar-refractivity contribution < 1.29 is 23.6 Å². The summed E-state index contributed by atoms with van der Waals surface area (Å²) in [6, 6.07) is 9.78. The van der Waals surface area contributed by atoms with E-state index in [1.54, 1.807) is 35.8 Å². The zero-order valence-electron chi connectivity index (χ0n) is 25.7. The zero-order chi connectivity index (χ0) is 31.8. The van der Waals surface area contributed by atoms with E-state index in [1.165, 1.54) is 12.1 Å². The molecule has 3 aromatic rings. The molecule has 2 unspecified atom stereocenters. The van der Waals surface area contributed by atoms with Crippen LogP contribution in [-0.2, 0) is 40.3 Å². The van der Waals surface area contributed by atoms with Gasteiger partial charge in [-0.2, -0.15) is 5.10 Å². The number of amides is 5. The summed E-state index contributed by atoms with van der Waals surface area (Å²) in [5, 5.41) is 6.87. The largest absolute Gasteiger partial charge is 0.358 e. The van der Waals surface area contributed by atoms with Crippen LogP contribution >= 0.6 is 0 Å². The monoisotopic (exact) mass is 614 g/mol. The second-order valence-corrected chi connectivity index (χ2v) is 12.6. The first-order valence-electron chi connectivity index (χ1n) is 15.7. The minimum absolute atomic E-state index is 0.0259. The molecule has 45 heavy (non-hydrogen) atoms. The van der Waals surface area contributed by atoms with Gasteiger partial charge < -0.3 is 16.0 Å². The van der Waals surface area contributed by atoms with Crippen molar-refractivity contribution in [3.63, 3.8) is 0 Å². The zero-order valence-corrected chi connectivity index (χ0v) is 25.7. The number of nitrogens with two attached hydrogens (primary N) is 1. The number of likely N-dealkylation sites (N-methyl/N-ethyl adjacent to an activating group) is 1. The Kier molecular flexibility index (Phi) is 8.44. The average molecular weight is 615 g/mol. The third kappa shape index (κ3) is 6.34. The van der Waals surface area contributed by atoms with Gasteiger partial charge in [-0.3, -0.25) is 24.0 Å². The molecule has 3 aliphatic rings. The number of carbonyl (C=O) groups is 4. The highest BCUT2D eigenvalue weighted by molar-refractivity contribution is 5.99. The number of imide groups is 1. The molecule has 1 aliphatic heterocycles. The fraction of sp³-hybridized carbons (Fsp3) is 0.441. The Morgan fingerprint density at radius 1 is 1.02 bits per heavy atom. The molecule has 236 valence electrons. The van der Waals surface area contributed by atoms with E-state index in [0.717, 1.165) is 64.0 Å². The maximum atomic E-state index is 14.0. The summed E-state index contributed by atoms with van der Waals surface area (Å²) < 4.78 is 15.5. The van der Waals surface area contributed by atoms with Gasteiger partial charge in [0.15, 0.2) is 0 Å². The Hall–Kier alpha value is -4.54. The third-order valence-electron chi connectivity index (χ3n) is 9.74. The molecule has 2 aliphatic carbocycles. The summed E-state index contributed by atoms with van der Waals surface area (Å²) in [5.74, 6) is -1.55. The standard InChI is InChI=1S/C34H39FN6O4/c1-20(28-10-7-24-13-22(6-11-29(24)28)26-15-38-39(16-26)18-31(42)37-2)33(44)41(34(36)45)19-32(43)40-17-25-5-9-27(35)14-23(25)8-12-30(40)21-3-4-21/h5-6,9,11,13-16,20-21,28,30H,3-4,7-8,10,12,17-19H2,1-2H3,(H2,36,45)(H,37,42)/t20?,28?,30-/m1/s1. The lowest BCUT2D eigenvalue weighted by Crippen LogP contribution is -2.51. The molecular formula is C34H39FN6O4. The van der Waals surface area contributed by atoms with Crippen molar-refractivity contribution in [1.82, 2.24) is 24.9 Å². The minimum Gasteiger partial charge on any atom is -0.358 e. The van der Waals surface area contributed by atoms with Crippen LogP contribution in [-0.4, -0.2) is 63.0 Å². The molecule has 1 aromatic heterocycles. The number of nitrogens with zero attached hydrogens (tertiary/aromatic N) is 4. The quantitative estimate of drug-likeness (QED) is 0.399. The molecule has 0 radical (unpaired) electrons. The van der Waals surface area contributed by atoms with E-state index in [0.29, 0.717) is 25.3 Å². The number of aryl methyl sites for hydroxylation is 2. The highest BCUT2D eigenvalue weighted by atomic mass is 19.1. The predicted molar refractivity (Wildman–Crippen MR) is 165 cm³/mol. The molecule has 3 atom stereocenters. The number of urea groups is 1. The van der Waals surface area contributed by atoms with Gasteiger partial charge in [0.1, 0.15) is 18.9 Å². The Morgan fingerprint density at radius 2 is 1.80 bits per heavy atom. The second kappa shape index (κ2) is 12.5. The van der Waals surface area contributed by atoms with Crippen molar-refractivity contribution in [1.29, 1.82) is 0 Å². The first kappa shape index (κ1) is 30.5. The maximum absolute atomic E-state index is 14.0. The van der Waals surface area contributed by atoms with Gasteiger partial charge in [-0.1, -0.05) is 31.2 Å². The van der Waals surface area contributed by atoms with E-state index in [2.05, 4.69) is 16.5 Å². The van der Waals surface area contributed by atoms with Crippen LogP contribution in [0.1, 0.15) is 60.8 Å². The minimum atomic E-state index is -0.942. The fourth-order valence-corrected chi connectivity index (χ4v) is 7.07. The van der Waals surface area contributed by atoms with E-state index in [4.69, 9.17) is 5.73 Å². The normalized spacial score (nSPS) is 19.7. The Balaban J connectivity index is 1.16. The summed E-state index contributed by atoms with van der Waals surface area (Å²) in [6.45, 7) is 1.82. The van der Waals surface area contributed by atoms with E-state index in [-0.39, 0.29) is 36.1 Å². The van der Waals surface area contributed by atoms with Crippen LogP contribution in [0.4, 0.5) is 9.18 Å². The number of fused-ring (bicyclic) bond motifs is 2. The van der Waals surface area contributed by atoms with Crippen molar-refractivity contribution in [2.75, 3.05) is 13.6 Å². The average Bonchev–Trinajstić information content (AvgIpc) is 3.66. The van der Waals surface area contributed by atoms with Gasteiger partial charge in [-0.15, -0.1) is 0 Å². The highest BCUT2D eigenvalue weighted by Gasteiger charge is 2.41. The van der Waals surface area contributed by atoms with Crippen LogP contribution in [0.15, 0.2) is 48.8 Å². The number of rotatable bonds is 8. The first-order valence-corrected chi connectivity index (χ1v) is 15.7. The molecule has 2 aromatic carbocycles. The molecule has 1 saturated carbocycles. The van der Waals surface area contributed by atoms with Crippen LogP contribution in [0.2, 0.25) is 0 Å². The van der Waals surface area contributed by atoms with Gasteiger partial charge in [0.05, 0.1) is 6.20 Å². The molecule has 2 heterocycles. The van der Waals surface area contributed by atoms with Gasteiger partial charge in [0.2, 0.25) is 17.7 Å². The fourth-order valence-electron chi connectivity index (χ4n) is 7.07. The van der Waals surface area contributed by atoms with Gasteiger partial charge in [-0.25, -0.2) is 9.18 Å². The first-order chi connectivity index (χ1) is 21.6. The lowest BCUT2D eigenvalue weighted by atomic mass is 9.87. The number of benzene rings is 2. The van der Waals surface area contributed by atoms with E-state index in [1.807, 2.05) is 18.3 Å². The topological polar surface area (TPSA) is 131 Å². The predicted octanol–water partition coefficient (Wildman–Crippen LogP) is 3.76. The highest BCUT2D eigenvalue weighted by Crippen LogP contribution is 2.42. The van der Waals surface area contributed by atoms with Crippen LogP contribution in [0, 0.1) is 17.7 Å². The lowest BCUT2D eigenvalue weighted by Gasteiger charge is -2.33. The van der Waals surface area contributed by atoms with Crippen LogP contribution in [0.5, 0.6) is 0 Å². The summed E-state index contributed by atoms with van der Waals surface area (Å²) in [6.07, 6.45) is 8.48. The second-order valence-electron chi connectivity index (χ2n) is 12.6. The van der Waals surface area contributed by atoms with E-state index >= 15 is 0 Å². The van der Waals surface area contributed by atoms with Gasteiger partial charge in [0, 0.05) is 37.3 Å². The Bertz CT molecular complexity index is 1650. The van der Waals surface area contributed by atoms with Crippen LogP contribution < -0.4 is 11.1 Å². The molecule has 0 bridgehead atoms. The number of aromatic nitrogens is 2. The van der Waals surface area contributed by atoms with E-state index < -0.39 is 24.4 Å². The molecule has 0 spiro atoms. The Morgan fingerprint density at radius 3 is 2.53 bits per heavy atom. The third-order valence-corrected chi connectivity index (χ3v) is 9.74. The van der Waals surface area contributed by atoms with Crippen molar-refractivity contribution in [2.24, 2.45) is 17.6 Å². The number of carbonyl (C=O) groups excluding carboxylic acids is 4. The maximum Gasteiger partial charge on any atom is 0.321 e. The van der Waals surface area contributed by atoms with Gasteiger partial charge >= 0.3 is 6.03 Å². The molecule has 5 amide bonds. The molecule has 6 rings (SSSR count). The SMILES string of the molecule is CNC(=O)Cn1cc(-c2ccc3c(c2)CCC3C(C)C(=O)N(CC(=O)N2Cc3ccc(F)cc3CC[C@@H]2C2CC2)C(N)=O)cn1. The van der Waals surface area contributed by atoms with Gasteiger partial charge in [0.25, 0.3) is 0 Å². The smallest absolute Gasteiger partial charge is 0.321 e. The number of primary amides is 1. The van der Waals surface area contributed by atoms with Crippen molar-refractivity contribution in [2.45, 2.75) is 70.5 Å². The molecule has 10 nitrogen and oxygen atoms in total. The molecule has 11 heteroatoms. The lowest BCUT2D eigenvalue weighted by molar-refractivity contribution is -0.142. The molecular weight excluding hydrogens is 575 g/mol. The molecule has 3 N–H and O–H groups in total. The van der Waals surface area contributed by atoms with Crippen LogP contribution in [0.25, 0.3) is 11.1 Å². The molecule has 1 fully saturated rings. The summed E-state index contributed by atoms with van der Waals surface area (Å²) in [4.78, 5) is 54.6. The van der Waals surface area contributed by atoms with Gasteiger partial charge in [-0.05, 0) is 90.3 Å². The molecule has 0 saturated heterocycles. The van der Waals surface area contributed by atoms with Crippen molar-refractivity contribution in [3.8, 4) is 11.1 Å².